The lowest BCUT2D eigenvalue weighted by molar-refractivity contribution is 0.195. The fraction of sp³-hybridized carbons (Fsp3) is 0.500. The van der Waals surface area contributed by atoms with Crippen LogP contribution in [0.25, 0.3) is 0 Å². The number of benzene rings is 1. The number of hydrogen-bond donors (Lipinski definition) is 1. The average Bonchev–Trinajstić information content (AvgIpc) is 2.07. The van der Waals surface area contributed by atoms with Gasteiger partial charge >= 0.3 is 0 Å². The third kappa shape index (κ3) is 2.74. The zero-order chi connectivity index (χ0) is 10.7. The van der Waals surface area contributed by atoms with E-state index < -0.39 is 0 Å². The lowest BCUT2D eigenvalue weighted by atomic mass is 10.0. The van der Waals surface area contributed by atoms with E-state index in [9.17, 15) is 5.11 Å². The fourth-order valence-electron chi connectivity index (χ4n) is 1.58. The number of hydrogen-bond acceptors (Lipinski definition) is 2. The van der Waals surface area contributed by atoms with Crippen LogP contribution >= 0.6 is 0 Å². The van der Waals surface area contributed by atoms with Crippen LogP contribution in [0.2, 0.25) is 0 Å². The molecule has 14 heavy (non-hydrogen) atoms. The molecule has 1 rings (SSSR count). The average molecular weight is 193 g/mol. The van der Waals surface area contributed by atoms with Crippen LogP contribution in [-0.4, -0.2) is 25.3 Å². The molecule has 2 nitrogen and oxygen atoms in total. The van der Waals surface area contributed by atoms with Crippen molar-refractivity contribution in [2.75, 3.05) is 19.0 Å². The minimum Gasteiger partial charge on any atom is -0.393 e. The van der Waals surface area contributed by atoms with E-state index in [0.717, 1.165) is 0 Å². The number of aliphatic hydroxyl groups excluding tert-OH is 1. The molecule has 1 aromatic rings. The van der Waals surface area contributed by atoms with Crippen molar-refractivity contribution >= 4 is 5.69 Å². The lowest BCUT2D eigenvalue weighted by Crippen LogP contribution is -2.14. The predicted octanol–water partition coefficient (Wildman–Crippen LogP) is 1.98. The number of aliphatic hydroxyl groups is 1. The van der Waals surface area contributed by atoms with Crippen molar-refractivity contribution in [1.29, 1.82) is 0 Å². The molecule has 0 saturated carbocycles. The van der Waals surface area contributed by atoms with E-state index in [0.29, 0.717) is 6.42 Å². The van der Waals surface area contributed by atoms with E-state index in [1.54, 1.807) is 0 Å². The quantitative estimate of drug-likeness (QED) is 0.793. The summed E-state index contributed by atoms with van der Waals surface area (Å²) in [5, 5.41) is 9.36. The molecule has 2 heteroatoms. The topological polar surface area (TPSA) is 23.5 Å². The second-order valence-corrected chi connectivity index (χ2v) is 4.08. The van der Waals surface area contributed by atoms with Crippen molar-refractivity contribution < 1.29 is 5.11 Å². The summed E-state index contributed by atoms with van der Waals surface area (Å²) in [7, 11) is 4.06. The van der Waals surface area contributed by atoms with Crippen molar-refractivity contribution in [3.05, 3.63) is 29.3 Å². The van der Waals surface area contributed by atoms with Crippen molar-refractivity contribution in [2.45, 2.75) is 26.4 Å². The molecule has 1 aromatic carbocycles. The Bertz CT molecular complexity index is 305. The Hall–Kier alpha value is -1.02. The van der Waals surface area contributed by atoms with Gasteiger partial charge in [0.1, 0.15) is 0 Å². The minimum atomic E-state index is -0.281. The Morgan fingerprint density at radius 1 is 1.36 bits per heavy atom. The molecular weight excluding hydrogens is 174 g/mol. The minimum absolute atomic E-state index is 0.281. The van der Waals surface area contributed by atoms with E-state index >= 15 is 0 Å². The van der Waals surface area contributed by atoms with Crippen LogP contribution in [0.5, 0.6) is 0 Å². The van der Waals surface area contributed by atoms with E-state index in [4.69, 9.17) is 0 Å². The number of anilines is 1. The molecule has 0 bridgehead atoms. The number of aryl methyl sites for hydroxylation is 1. The molecule has 0 amide bonds. The standard InChI is InChI=1S/C12H19NO/c1-9-5-6-11(8-10(2)14)12(7-9)13(3)4/h5-7,10,14H,8H2,1-4H3. The normalized spacial score (nSPS) is 12.6. The molecule has 1 unspecified atom stereocenters. The Morgan fingerprint density at radius 3 is 2.50 bits per heavy atom. The van der Waals surface area contributed by atoms with Gasteiger partial charge in [-0.2, -0.15) is 0 Å². The van der Waals surface area contributed by atoms with Crippen molar-refractivity contribution in [3.63, 3.8) is 0 Å². The molecule has 1 atom stereocenters. The SMILES string of the molecule is Cc1ccc(CC(C)O)c(N(C)C)c1. The molecule has 0 radical (unpaired) electrons. The van der Waals surface area contributed by atoms with Gasteiger partial charge in [0.05, 0.1) is 6.10 Å². The second kappa shape index (κ2) is 4.47. The van der Waals surface area contributed by atoms with E-state index in [2.05, 4.69) is 30.0 Å². The van der Waals surface area contributed by atoms with Gasteiger partial charge in [-0.15, -0.1) is 0 Å². The molecule has 0 aliphatic carbocycles. The molecule has 1 N–H and O–H groups in total. The first kappa shape index (κ1) is 11.1. The van der Waals surface area contributed by atoms with Gasteiger partial charge in [-0.1, -0.05) is 12.1 Å². The third-order valence-electron chi connectivity index (χ3n) is 2.24. The highest BCUT2D eigenvalue weighted by molar-refractivity contribution is 5.54. The van der Waals surface area contributed by atoms with Crippen molar-refractivity contribution in [2.24, 2.45) is 0 Å². The molecule has 0 spiro atoms. The Kier molecular flexibility index (Phi) is 3.53. The highest BCUT2D eigenvalue weighted by Gasteiger charge is 2.07. The summed E-state index contributed by atoms with van der Waals surface area (Å²) in [6, 6.07) is 6.33. The van der Waals surface area contributed by atoms with Gasteiger partial charge < -0.3 is 10.0 Å². The van der Waals surface area contributed by atoms with Gasteiger partial charge in [-0.3, -0.25) is 0 Å². The van der Waals surface area contributed by atoms with Crippen LogP contribution in [0.4, 0.5) is 5.69 Å². The number of rotatable bonds is 3. The van der Waals surface area contributed by atoms with Crippen LogP contribution < -0.4 is 4.90 Å². The van der Waals surface area contributed by atoms with Gasteiger partial charge in [0.25, 0.3) is 0 Å². The van der Waals surface area contributed by atoms with Crippen molar-refractivity contribution in [1.82, 2.24) is 0 Å². The summed E-state index contributed by atoms with van der Waals surface area (Å²) in [5.41, 5.74) is 3.66. The highest BCUT2D eigenvalue weighted by Crippen LogP contribution is 2.21. The first-order valence-electron chi connectivity index (χ1n) is 4.95. The second-order valence-electron chi connectivity index (χ2n) is 4.08. The maximum absolute atomic E-state index is 9.36. The summed E-state index contributed by atoms with van der Waals surface area (Å²) < 4.78 is 0. The highest BCUT2D eigenvalue weighted by atomic mass is 16.3. The van der Waals surface area contributed by atoms with Crippen LogP contribution in [-0.2, 0) is 6.42 Å². The molecule has 0 saturated heterocycles. The van der Waals surface area contributed by atoms with Gasteiger partial charge in [0.2, 0.25) is 0 Å². The van der Waals surface area contributed by atoms with E-state index in [1.165, 1.54) is 16.8 Å². The largest absolute Gasteiger partial charge is 0.393 e. The summed E-state index contributed by atoms with van der Waals surface area (Å²) in [6.45, 7) is 3.90. The summed E-state index contributed by atoms with van der Waals surface area (Å²) >= 11 is 0. The molecule has 0 aliphatic rings. The maximum Gasteiger partial charge on any atom is 0.0553 e. The van der Waals surface area contributed by atoms with Crippen molar-refractivity contribution in [3.8, 4) is 0 Å². The summed E-state index contributed by atoms with van der Waals surface area (Å²) in [6.07, 6.45) is 0.435. The first-order valence-corrected chi connectivity index (χ1v) is 4.95. The smallest absolute Gasteiger partial charge is 0.0553 e. The summed E-state index contributed by atoms with van der Waals surface area (Å²) in [4.78, 5) is 2.09. The van der Waals surface area contributed by atoms with E-state index in [1.807, 2.05) is 21.0 Å². The number of nitrogens with zero attached hydrogens (tertiary/aromatic N) is 1. The Labute approximate surface area is 86.2 Å². The molecule has 0 aliphatic heterocycles. The van der Waals surface area contributed by atoms with Gasteiger partial charge in [-0.25, -0.2) is 0 Å². The van der Waals surface area contributed by atoms with Gasteiger partial charge in [0.15, 0.2) is 0 Å². The monoisotopic (exact) mass is 193 g/mol. The van der Waals surface area contributed by atoms with Crippen LogP contribution in [0.3, 0.4) is 0 Å². The first-order chi connectivity index (χ1) is 6.50. The zero-order valence-electron chi connectivity index (χ0n) is 9.41. The molecule has 0 heterocycles. The third-order valence-corrected chi connectivity index (χ3v) is 2.24. The Morgan fingerprint density at radius 2 is 2.00 bits per heavy atom. The van der Waals surface area contributed by atoms with Gasteiger partial charge in [0, 0.05) is 26.2 Å². The van der Waals surface area contributed by atoms with Gasteiger partial charge in [-0.05, 0) is 31.0 Å². The molecule has 0 fully saturated rings. The van der Waals surface area contributed by atoms with Crippen LogP contribution in [0.1, 0.15) is 18.1 Å². The fourth-order valence-corrected chi connectivity index (χ4v) is 1.58. The predicted molar refractivity (Wildman–Crippen MR) is 60.9 cm³/mol. The van der Waals surface area contributed by atoms with E-state index in [-0.39, 0.29) is 6.10 Å². The Balaban J connectivity index is 3.02. The molecule has 0 aromatic heterocycles. The van der Waals surface area contributed by atoms with Crippen LogP contribution in [0.15, 0.2) is 18.2 Å². The lowest BCUT2D eigenvalue weighted by Gasteiger charge is -2.19. The molecular formula is C12H19NO. The van der Waals surface area contributed by atoms with Crippen LogP contribution in [0, 0.1) is 6.92 Å². The zero-order valence-corrected chi connectivity index (χ0v) is 9.41. The maximum atomic E-state index is 9.36. The summed E-state index contributed by atoms with van der Waals surface area (Å²) in [5.74, 6) is 0. The molecule has 78 valence electrons.